The van der Waals surface area contributed by atoms with Gasteiger partial charge in [0.2, 0.25) is 5.43 Å². The van der Waals surface area contributed by atoms with E-state index in [4.69, 9.17) is 0 Å². The van der Waals surface area contributed by atoms with E-state index < -0.39 is 0 Å². The molecule has 0 spiro atoms. The minimum atomic E-state index is -0.323. The van der Waals surface area contributed by atoms with Crippen LogP contribution in [0.25, 0.3) is 10.9 Å². The number of anilines is 1. The number of aromatic nitrogens is 2. The maximum atomic E-state index is 11.5. The van der Waals surface area contributed by atoms with Crippen LogP contribution in [0.5, 0.6) is 5.75 Å². The van der Waals surface area contributed by atoms with Crippen molar-refractivity contribution in [3.8, 4) is 5.75 Å². The van der Waals surface area contributed by atoms with Crippen molar-refractivity contribution in [1.82, 2.24) is 14.9 Å². The molecule has 1 aromatic carbocycles. The van der Waals surface area contributed by atoms with E-state index in [0.29, 0.717) is 6.54 Å². The van der Waals surface area contributed by atoms with E-state index in [0.717, 1.165) is 36.4 Å². The Kier molecular flexibility index (Phi) is 10.3. The first-order valence-electron chi connectivity index (χ1n) is 10.8. The van der Waals surface area contributed by atoms with Crippen molar-refractivity contribution in [2.75, 3.05) is 18.4 Å². The first-order chi connectivity index (χ1) is 14.6. The summed E-state index contributed by atoms with van der Waals surface area (Å²) in [4.78, 5) is 15.9. The van der Waals surface area contributed by atoms with Crippen LogP contribution in [0.15, 0.2) is 53.6 Å². The van der Waals surface area contributed by atoms with Gasteiger partial charge in [-0.3, -0.25) is 9.78 Å². The summed E-state index contributed by atoms with van der Waals surface area (Å²) in [6.07, 6.45) is 10.6. The van der Waals surface area contributed by atoms with Crippen LogP contribution in [-0.2, 0) is 13.6 Å². The van der Waals surface area contributed by atoms with Gasteiger partial charge in [-0.25, -0.2) is 0 Å². The highest BCUT2D eigenvalue weighted by atomic mass is 35.5. The van der Waals surface area contributed by atoms with Gasteiger partial charge in [0.25, 0.3) is 0 Å². The van der Waals surface area contributed by atoms with Crippen LogP contribution in [0, 0.1) is 0 Å². The summed E-state index contributed by atoms with van der Waals surface area (Å²) in [7, 11) is 1.84. The molecule has 0 atom stereocenters. The molecular formula is C24H33ClN4O2. The predicted octanol–water partition coefficient (Wildman–Crippen LogP) is 4.60. The van der Waals surface area contributed by atoms with Crippen molar-refractivity contribution in [2.45, 2.75) is 45.1 Å². The average Bonchev–Trinajstić information content (AvgIpc) is 2.75. The summed E-state index contributed by atoms with van der Waals surface area (Å²) in [5.74, 6) is -0.203. The molecule has 3 rings (SSSR count). The summed E-state index contributed by atoms with van der Waals surface area (Å²) >= 11 is 0. The monoisotopic (exact) mass is 444 g/mol. The molecule has 3 aromatic rings. The van der Waals surface area contributed by atoms with Gasteiger partial charge in [0.05, 0.1) is 5.52 Å². The Morgan fingerprint density at radius 2 is 1.71 bits per heavy atom. The number of halogens is 1. The molecule has 2 aromatic heterocycles. The number of fused-ring (bicyclic) bond motifs is 1. The molecule has 0 radical (unpaired) electrons. The van der Waals surface area contributed by atoms with Gasteiger partial charge in [-0.2, -0.15) is 0 Å². The molecule has 3 N–H and O–H groups in total. The average molecular weight is 445 g/mol. The van der Waals surface area contributed by atoms with E-state index in [2.05, 4.69) is 27.8 Å². The molecule has 7 heteroatoms. The third-order valence-electron chi connectivity index (χ3n) is 5.37. The van der Waals surface area contributed by atoms with Gasteiger partial charge in [0, 0.05) is 55.4 Å². The van der Waals surface area contributed by atoms with Crippen LogP contribution in [0.2, 0.25) is 0 Å². The Bertz CT molecular complexity index is 1000. The number of hydrogen-bond donors (Lipinski definition) is 3. The second kappa shape index (κ2) is 13.0. The van der Waals surface area contributed by atoms with Gasteiger partial charge in [-0.05, 0) is 31.5 Å². The molecule has 0 bridgehead atoms. The first kappa shape index (κ1) is 24.7. The van der Waals surface area contributed by atoms with Crippen molar-refractivity contribution in [1.29, 1.82) is 0 Å². The first-order valence-corrected chi connectivity index (χ1v) is 10.8. The fraction of sp³-hybridized carbons (Fsp3) is 0.417. The Hall–Kier alpha value is -2.57. The van der Waals surface area contributed by atoms with E-state index in [1.165, 1.54) is 49.8 Å². The van der Waals surface area contributed by atoms with Crippen LogP contribution < -0.4 is 16.1 Å². The second-order valence-corrected chi connectivity index (χ2v) is 7.73. The van der Waals surface area contributed by atoms with Gasteiger partial charge in [0.1, 0.15) is 0 Å². The molecule has 0 aliphatic carbocycles. The van der Waals surface area contributed by atoms with Gasteiger partial charge in [-0.1, -0.05) is 43.9 Å². The standard InChI is InChI=1S/C24H32N4O2.ClH/c1-28-18-24(30)23(29)16-19(28)17-25-13-8-4-2-3-5-9-14-26-22-12-15-27-21-11-7-6-10-20(21)22;/h6-7,10-12,15-16,18,25,30H,2-5,8-9,13-14,17H2,1H3,(H,26,27);1H. The van der Waals surface area contributed by atoms with E-state index in [-0.39, 0.29) is 23.6 Å². The Balaban J connectivity index is 0.00000341. The van der Waals surface area contributed by atoms with Gasteiger partial charge >= 0.3 is 0 Å². The number of pyridine rings is 2. The van der Waals surface area contributed by atoms with Crippen molar-refractivity contribution >= 4 is 29.0 Å². The van der Waals surface area contributed by atoms with Crippen LogP contribution in [0.3, 0.4) is 0 Å². The highest BCUT2D eigenvalue weighted by Crippen LogP contribution is 2.21. The summed E-state index contributed by atoms with van der Waals surface area (Å²) in [6, 6.07) is 11.8. The molecular weight excluding hydrogens is 412 g/mol. The number of nitrogens with one attached hydrogen (secondary N) is 2. The molecule has 0 fully saturated rings. The predicted molar refractivity (Wildman–Crippen MR) is 130 cm³/mol. The molecule has 0 amide bonds. The van der Waals surface area contributed by atoms with Crippen LogP contribution >= 0.6 is 12.4 Å². The number of rotatable bonds is 12. The van der Waals surface area contributed by atoms with Crippen LogP contribution in [0.4, 0.5) is 5.69 Å². The molecule has 0 aliphatic rings. The second-order valence-electron chi connectivity index (χ2n) is 7.73. The SMILES string of the molecule is Cl.Cn1cc(O)c(=O)cc1CNCCCCCCCCNc1ccnc2ccccc12. The van der Waals surface area contributed by atoms with Crippen LogP contribution in [0.1, 0.15) is 44.2 Å². The minimum Gasteiger partial charge on any atom is -0.503 e. The fourth-order valence-electron chi connectivity index (χ4n) is 3.60. The summed E-state index contributed by atoms with van der Waals surface area (Å²) < 4.78 is 1.78. The molecule has 0 aliphatic heterocycles. The third-order valence-corrected chi connectivity index (χ3v) is 5.37. The molecule has 0 unspecified atom stereocenters. The van der Waals surface area contributed by atoms with E-state index in [9.17, 15) is 9.90 Å². The summed E-state index contributed by atoms with van der Waals surface area (Å²) in [6.45, 7) is 2.56. The van der Waals surface area contributed by atoms with E-state index in [1.54, 1.807) is 4.57 Å². The lowest BCUT2D eigenvalue weighted by molar-refractivity contribution is 0.461. The Morgan fingerprint density at radius 1 is 1.00 bits per heavy atom. The van der Waals surface area contributed by atoms with Crippen molar-refractivity contribution < 1.29 is 5.11 Å². The quantitative estimate of drug-likeness (QED) is 0.356. The van der Waals surface area contributed by atoms with Crippen LogP contribution in [-0.4, -0.2) is 27.7 Å². The minimum absolute atomic E-state index is 0. The van der Waals surface area contributed by atoms with Gasteiger partial charge < -0.3 is 20.3 Å². The van der Waals surface area contributed by atoms with Crippen molar-refractivity contribution in [2.24, 2.45) is 7.05 Å². The molecule has 0 saturated heterocycles. The fourth-order valence-corrected chi connectivity index (χ4v) is 3.60. The summed E-state index contributed by atoms with van der Waals surface area (Å²) in [5.41, 5.74) is 2.75. The molecule has 2 heterocycles. The zero-order chi connectivity index (χ0) is 21.2. The Labute approximate surface area is 190 Å². The third kappa shape index (κ3) is 7.56. The van der Waals surface area contributed by atoms with Gasteiger partial charge in [0.15, 0.2) is 5.75 Å². The number of benzene rings is 1. The number of hydrogen-bond acceptors (Lipinski definition) is 5. The highest BCUT2D eigenvalue weighted by molar-refractivity contribution is 5.90. The molecule has 31 heavy (non-hydrogen) atoms. The van der Waals surface area contributed by atoms with E-state index in [1.807, 2.05) is 31.4 Å². The lowest BCUT2D eigenvalue weighted by Crippen LogP contribution is -2.19. The number of aromatic hydroxyl groups is 1. The maximum absolute atomic E-state index is 11.5. The normalized spacial score (nSPS) is 10.7. The molecule has 0 saturated carbocycles. The molecule has 6 nitrogen and oxygen atoms in total. The number of para-hydroxylation sites is 1. The van der Waals surface area contributed by atoms with E-state index >= 15 is 0 Å². The molecule has 168 valence electrons. The zero-order valence-electron chi connectivity index (χ0n) is 18.1. The largest absolute Gasteiger partial charge is 0.503 e. The maximum Gasteiger partial charge on any atom is 0.223 e. The zero-order valence-corrected chi connectivity index (χ0v) is 19.0. The number of nitrogens with zero attached hydrogens (tertiary/aromatic N) is 2. The topological polar surface area (TPSA) is 79.2 Å². The number of aryl methyl sites for hydroxylation is 1. The summed E-state index contributed by atoms with van der Waals surface area (Å²) in [5, 5.41) is 17.5. The lowest BCUT2D eigenvalue weighted by atomic mass is 10.1. The smallest absolute Gasteiger partial charge is 0.223 e. The lowest BCUT2D eigenvalue weighted by Gasteiger charge is -2.10. The van der Waals surface area contributed by atoms with Gasteiger partial charge in [-0.15, -0.1) is 12.4 Å². The highest BCUT2D eigenvalue weighted by Gasteiger charge is 2.03. The van der Waals surface area contributed by atoms with Crippen molar-refractivity contribution in [3.63, 3.8) is 0 Å². The Morgan fingerprint density at radius 3 is 2.52 bits per heavy atom. The van der Waals surface area contributed by atoms with Crippen molar-refractivity contribution in [3.05, 3.63) is 64.7 Å². The number of unbranched alkanes of at least 4 members (excludes halogenated alkanes) is 5.